The van der Waals surface area contributed by atoms with Crippen LogP contribution in [-0.2, 0) is 9.53 Å². The Kier molecular flexibility index (Phi) is 4.20. The van der Waals surface area contributed by atoms with Crippen molar-refractivity contribution in [3.63, 3.8) is 0 Å². The molecule has 3 rings (SSSR count). The van der Waals surface area contributed by atoms with Gasteiger partial charge < -0.3 is 20.7 Å². The summed E-state index contributed by atoms with van der Waals surface area (Å²) in [6, 6.07) is 6.35. The molecule has 2 atom stereocenters. The summed E-state index contributed by atoms with van der Waals surface area (Å²) < 4.78 is 4.81. The van der Waals surface area contributed by atoms with Crippen molar-refractivity contribution in [3.8, 4) is 0 Å². The van der Waals surface area contributed by atoms with Gasteiger partial charge in [-0.05, 0) is 24.1 Å². The second-order valence-corrected chi connectivity index (χ2v) is 6.41. The summed E-state index contributed by atoms with van der Waals surface area (Å²) in [5.41, 5.74) is 6.07. The minimum atomic E-state index is -1.53. The summed E-state index contributed by atoms with van der Waals surface area (Å²) in [7, 11) is 0. The molecule has 9 heteroatoms. The van der Waals surface area contributed by atoms with E-state index < -0.39 is 18.0 Å². The number of carbonyl (C=O) groups excluding carboxylic acids is 2. The quantitative estimate of drug-likeness (QED) is 0.534. The maximum absolute atomic E-state index is 12.2. The number of aliphatic hydroxyl groups excluding tert-OH is 1. The summed E-state index contributed by atoms with van der Waals surface area (Å²) in [5.74, 6) is -1.37. The summed E-state index contributed by atoms with van der Waals surface area (Å²) in [5, 5.41) is 17.7. The number of hydrogen-bond donors (Lipinski definition) is 3. The van der Waals surface area contributed by atoms with E-state index in [1.807, 2.05) is 0 Å². The number of amides is 2. The van der Waals surface area contributed by atoms with Crippen molar-refractivity contribution >= 4 is 34.6 Å². The number of rotatable bonds is 5. The highest BCUT2D eigenvalue weighted by Gasteiger charge is 2.55. The van der Waals surface area contributed by atoms with E-state index in [9.17, 15) is 14.4 Å². The third-order valence-corrected chi connectivity index (χ3v) is 5.27. The standard InChI is InChI=1S/C15H14N2O6S/c16-11(19)8-3-1-2-7(6-8)10-13(23-15(21)22)17-12(20)9(4-5-18)14(17)24-10/h1-3,6,9,14,18H,4-5H2,(H2,16,19)(H,21,22)/t9-,14+/m0/s1. The van der Waals surface area contributed by atoms with Gasteiger partial charge in [-0.1, -0.05) is 23.9 Å². The van der Waals surface area contributed by atoms with Crippen molar-refractivity contribution in [1.82, 2.24) is 4.90 Å². The number of fused-ring (bicyclic) bond motifs is 1. The molecule has 2 aliphatic heterocycles. The Morgan fingerprint density at radius 2 is 2.12 bits per heavy atom. The van der Waals surface area contributed by atoms with Crippen LogP contribution in [-0.4, -0.2) is 45.1 Å². The Morgan fingerprint density at radius 1 is 1.38 bits per heavy atom. The van der Waals surface area contributed by atoms with Crippen molar-refractivity contribution < 1.29 is 29.3 Å². The normalized spacial score (nSPS) is 22.2. The van der Waals surface area contributed by atoms with E-state index >= 15 is 0 Å². The highest BCUT2D eigenvalue weighted by molar-refractivity contribution is 8.09. The van der Waals surface area contributed by atoms with E-state index in [0.29, 0.717) is 16.9 Å². The number of β-lactam (4-membered cyclic amide) rings is 1. The zero-order chi connectivity index (χ0) is 17.4. The Bertz CT molecular complexity index is 762. The number of aliphatic hydroxyl groups is 1. The van der Waals surface area contributed by atoms with Gasteiger partial charge in [-0.2, -0.15) is 0 Å². The number of benzene rings is 1. The van der Waals surface area contributed by atoms with E-state index in [1.54, 1.807) is 18.2 Å². The number of primary amides is 1. The molecule has 1 aromatic carbocycles. The van der Waals surface area contributed by atoms with Crippen LogP contribution in [0.2, 0.25) is 0 Å². The first-order valence-electron chi connectivity index (χ1n) is 7.10. The molecule has 1 saturated heterocycles. The number of carbonyl (C=O) groups is 3. The minimum absolute atomic E-state index is 0.0710. The molecular formula is C15H14N2O6S. The van der Waals surface area contributed by atoms with Crippen LogP contribution in [0.1, 0.15) is 22.3 Å². The van der Waals surface area contributed by atoms with Crippen LogP contribution in [0, 0.1) is 5.92 Å². The average molecular weight is 350 g/mol. The highest BCUT2D eigenvalue weighted by Crippen LogP contribution is 2.53. The second-order valence-electron chi connectivity index (χ2n) is 5.28. The maximum atomic E-state index is 12.2. The van der Waals surface area contributed by atoms with E-state index in [4.69, 9.17) is 20.7 Å². The molecule has 0 radical (unpaired) electrons. The molecule has 2 aliphatic rings. The summed E-state index contributed by atoms with van der Waals surface area (Å²) >= 11 is 1.27. The Balaban J connectivity index is 2.00. The topological polar surface area (TPSA) is 130 Å². The molecule has 2 heterocycles. The van der Waals surface area contributed by atoms with E-state index in [-0.39, 0.29) is 29.3 Å². The van der Waals surface area contributed by atoms with Crippen LogP contribution in [0.25, 0.3) is 4.91 Å². The molecule has 0 saturated carbocycles. The Labute approximate surface area is 140 Å². The molecule has 0 unspecified atom stereocenters. The number of thioether (sulfide) groups is 1. The molecule has 24 heavy (non-hydrogen) atoms. The van der Waals surface area contributed by atoms with Gasteiger partial charge in [0.2, 0.25) is 17.7 Å². The molecule has 126 valence electrons. The van der Waals surface area contributed by atoms with E-state index in [2.05, 4.69) is 0 Å². The summed E-state index contributed by atoms with van der Waals surface area (Å²) in [4.78, 5) is 36.2. The van der Waals surface area contributed by atoms with Crippen LogP contribution in [0.4, 0.5) is 4.79 Å². The van der Waals surface area contributed by atoms with Gasteiger partial charge >= 0.3 is 6.16 Å². The van der Waals surface area contributed by atoms with Gasteiger partial charge in [0.1, 0.15) is 5.37 Å². The van der Waals surface area contributed by atoms with Crippen LogP contribution in [0.5, 0.6) is 0 Å². The molecule has 0 aromatic heterocycles. The second kappa shape index (κ2) is 6.17. The molecule has 0 aliphatic carbocycles. The fourth-order valence-corrected chi connectivity index (χ4v) is 4.21. The van der Waals surface area contributed by atoms with Crippen molar-refractivity contribution in [3.05, 3.63) is 41.3 Å². The van der Waals surface area contributed by atoms with Crippen LogP contribution in [0.15, 0.2) is 30.1 Å². The minimum Gasteiger partial charge on any atom is -0.449 e. The summed E-state index contributed by atoms with van der Waals surface area (Å²) in [6.07, 6.45) is -1.24. The zero-order valence-electron chi connectivity index (χ0n) is 12.3. The molecule has 8 nitrogen and oxygen atoms in total. The largest absolute Gasteiger partial charge is 0.512 e. The highest BCUT2D eigenvalue weighted by atomic mass is 32.2. The van der Waals surface area contributed by atoms with Crippen molar-refractivity contribution in [1.29, 1.82) is 0 Å². The van der Waals surface area contributed by atoms with Crippen LogP contribution in [0.3, 0.4) is 0 Å². The maximum Gasteiger partial charge on any atom is 0.512 e. The van der Waals surface area contributed by atoms with Crippen molar-refractivity contribution in [2.45, 2.75) is 11.8 Å². The van der Waals surface area contributed by atoms with E-state index in [1.165, 1.54) is 22.7 Å². The lowest BCUT2D eigenvalue weighted by molar-refractivity contribution is -0.150. The predicted octanol–water partition coefficient (Wildman–Crippen LogP) is 1.02. The van der Waals surface area contributed by atoms with Crippen LogP contribution >= 0.6 is 11.8 Å². The Hall–Kier alpha value is -2.52. The molecular weight excluding hydrogens is 336 g/mol. The molecule has 4 N–H and O–H groups in total. The fraction of sp³-hybridized carbons (Fsp3) is 0.267. The molecule has 1 aromatic rings. The third kappa shape index (κ3) is 2.61. The molecule has 0 spiro atoms. The SMILES string of the molecule is NC(=O)c1cccc(C2=C(OC(=O)O)N3C(=O)[C@H](CCO)[C@H]3S2)c1. The monoisotopic (exact) mass is 350 g/mol. The van der Waals surface area contributed by atoms with Crippen LogP contribution < -0.4 is 5.73 Å². The molecule has 1 fully saturated rings. The van der Waals surface area contributed by atoms with Crippen molar-refractivity contribution in [2.24, 2.45) is 11.7 Å². The predicted molar refractivity (Wildman–Crippen MR) is 84.4 cm³/mol. The lowest BCUT2D eigenvalue weighted by atomic mass is 9.95. The summed E-state index contributed by atoms with van der Waals surface area (Å²) in [6.45, 7) is -0.136. The van der Waals surface area contributed by atoms with Gasteiger partial charge in [0.15, 0.2) is 0 Å². The average Bonchev–Trinajstić information content (AvgIpc) is 2.86. The van der Waals surface area contributed by atoms with Gasteiger partial charge in [0.25, 0.3) is 0 Å². The van der Waals surface area contributed by atoms with Gasteiger partial charge in [-0.25, -0.2) is 4.79 Å². The third-order valence-electron chi connectivity index (χ3n) is 3.84. The number of carboxylic acid groups (broad SMARTS) is 1. The van der Waals surface area contributed by atoms with Crippen molar-refractivity contribution in [2.75, 3.05) is 6.61 Å². The lowest BCUT2D eigenvalue weighted by Gasteiger charge is -2.41. The number of nitrogens with zero attached hydrogens (tertiary/aromatic N) is 1. The smallest absolute Gasteiger partial charge is 0.449 e. The zero-order valence-corrected chi connectivity index (χ0v) is 13.2. The van der Waals surface area contributed by atoms with Gasteiger partial charge in [-0.15, -0.1) is 0 Å². The number of nitrogens with two attached hydrogens (primary N) is 1. The number of ether oxygens (including phenoxy) is 1. The molecule has 0 bridgehead atoms. The van der Waals surface area contributed by atoms with Gasteiger partial charge in [-0.3, -0.25) is 14.5 Å². The van der Waals surface area contributed by atoms with Gasteiger partial charge in [0.05, 0.1) is 10.8 Å². The Morgan fingerprint density at radius 3 is 2.75 bits per heavy atom. The first-order chi connectivity index (χ1) is 11.4. The van der Waals surface area contributed by atoms with Gasteiger partial charge in [0, 0.05) is 12.2 Å². The number of hydrogen-bond acceptors (Lipinski definition) is 6. The first kappa shape index (κ1) is 16.3. The first-order valence-corrected chi connectivity index (χ1v) is 7.98. The lowest BCUT2D eigenvalue weighted by Crippen LogP contribution is -2.56. The van der Waals surface area contributed by atoms with E-state index in [0.717, 1.165) is 0 Å². The molecule has 2 amide bonds. The fourth-order valence-electron chi connectivity index (χ4n) is 2.74.